The number of carbonyl (C=O) groups is 1. The Bertz CT molecular complexity index is 513. The lowest BCUT2D eigenvalue weighted by atomic mass is 9.63. The van der Waals surface area contributed by atoms with Crippen molar-refractivity contribution in [3.05, 3.63) is 35.6 Å². The van der Waals surface area contributed by atoms with Gasteiger partial charge in [0.15, 0.2) is 0 Å². The second-order valence-corrected chi connectivity index (χ2v) is 6.35. The summed E-state index contributed by atoms with van der Waals surface area (Å²) in [5.41, 5.74) is 0.338. The molecule has 0 radical (unpaired) electrons. The number of rotatable bonds is 5. The average molecular weight is 327 g/mol. The number of halogens is 2. The first-order chi connectivity index (χ1) is 10.2. The first-order valence-corrected chi connectivity index (χ1v) is 7.96. The zero-order valence-corrected chi connectivity index (χ0v) is 13.6. The Labute approximate surface area is 137 Å². The van der Waals surface area contributed by atoms with Crippen molar-refractivity contribution >= 4 is 18.3 Å². The summed E-state index contributed by atoms with van der Waals surface area (Å²) in [5, 5.41) is 6.42. The maximum absolute atomic E-state index is 13.4. The van der Waals surface area contributed by atoms with E-state index in [2.05, 4.69) is 10.6 Å². The number of hydrogen-bond donors (Lipinski definition) is 2. The zero-order chi connectivity index (χ0) is 14.7. The maximum Gasteiger partial charge on any atom is 0.230 e. The normalized spacial score (nSPS) is 22.5. The van der Waals surface area contributed by atoms with Gasteiger partial charge in [-0.15, -0.1) is 12.4 Å². The summed E-state index contributed by atoms with van der Waals surface area (Å²) in [4.78, 5) is 12.6. The summed E-state index contributed by atoms with van der Waals surface area (Å²) in [6.45, 7) is 2.87. The minimum absolute atomic E-state index is 0. The molecule has 22 heavy (non-hydrogen) atoms. The molecule has 1 amide bonds. The van der Waals surface area contributed by atoms with Crippen molar-refractivity contribution in [2.75, 3.05) is 19.6 Å². The van der Waals surface area contributed by atoms with Gasteiger partial charge in [-0.2, -0.15) is 0 Å². The fraction of sp³-hybridized carbons (Fsp3) is 0.588. The van der Waals surface area contributed by atoms with Crippen LogP contribution in [0.2, 0.25) is 0 Å². The third-order valence-electron chi connectivity index (χ3n) is 5.02. The number of hydrogen-bond acceptors (Lipinski definition) is 2. The van der Waals surface area contributed by atoms with Gasteiger partial charge in [0.25, 0.3) is 0 Å². The van der Waals surface area contributed by atoms with Gasteiger partial charge in [0, 0.05) is 6.54 Å². The Hall–Kier alpha value is -1.13. The molecule has 1 aliphatic carbocycles. The van der Waals surface area contributed by atoms with Gasteiger partial charge in [-0.3, -0.25) is 4.79 Å². The van der Waals surface area contributed by atoms with Crippen molar-refractivity contribution < 1.29 is 9.18 Å². The summed E-state index contributed by atoms with van der Waals surface area (Å²) < 4.78 is 13.4. The van der Waals surface area contributed by atoms with Gasteiger partial charge >= 0.3 is 0 Å². The van der Waals surface area contributed by atoms with E-state index in [1.165, 1.54) is 18.6 Å². The molecule has 0 spiro atoms. The summed E-state index contributed by atoms with van der Waals surface area (Å²) in [6, 6.07) is 6.52. The summed E-state index contributed by atoms with van der Waals surface area (Å²) >= 11 is 0. The van der Waals surface area contributed by atoms with Gasteiger partial charge in [-0.25, -0.2) is 4.39 Å². The molecule has 1 saturated carbocycles. The van der Waals surface area contributed by atoms with E-state index in [1.54, 1.807) is 6.07 Å². The first kappa shape index (κ1) is 17.2. The van der Waals surface area contributed by atoms with Crippen LogP contribution in [0.15, 0.2) is 24.3 Å². The highest BCUT2D eigenvalue weighted by atomic mass is 35.5. The molecule has 1 heterocycles. The topological polar surface area (TPSA) is 41.1 Å². The molecule has 5 heteroatoms. The molecule has 1 aromatic carbocycles. The van der Waals surface area contributed by atoms with Crippen LogP contribution in [-0.4, -0.2) is 25.5 Å². The van der Waals surface area contributed by atoms with Crippen LogP contribution in [0.3, 0.4) is 0 Å². The van der Waals surface area contributed by atoms with Crippen molar-refractivity contribution in [3.63, 3.8) is 0 Å². The summed E-state index contributed by atoms with van der Waals surface area (Å²) in [5.74, 6) is 0.491. The average Bonchev–Trinajstić information content (AvgIpc) is 2.91. The van der Waals surface area contributed by atoms with E-state index in [0.717, 1.165) is 50.9 Å². The van der Waals surface area contributed by atoms with Gasteiger partial charge in [0.1, 0.15) is 5.82 Å². The molecule has 0 aromatic heterocycles. The lowest BCUT2D eigenvalue weighted by molar-refractivity contribution is -0.129. The second-order valence-electron chi connectivity index (χ2n) is 6.35. The molecule has 1 atom stereocenters. The van der Waals surface area contributed by atoms with Gasteiger partial charge < -0.3 is 10.6 Å². The van der Waals surface area contributed by atoms with Crippen LogP contribution < -0.4 is 10.6 Å². The minimum Gasteiger partial charge on any atom is -0.355 e. The van der Waals surface area contributed by atoms with Crippen molar-refractivity contribution in [3.8, 4) is 0 Å². The minimum atomic E-state index is -0.490. The predicted octanol–water partition coefficient (Wildman–Crippen LogP) is 2.79. The van der Waals surface area contributed by atoms with Gasteiger partial charge in [0.2, 0.25) is 5.91 Å². The lowest BCUT2D eigenvalue weighted by Gasteiger charge is -2.40. The zero-order valence-electron chi connectivity index (χ0n) is 12.7. The van der Waals surface area contributed by atoms with E-state index in [9.17, 15) is 9.18 Å². The van der Waals surface area contributed by atoms with Crippen LogP contribution in [0.1, 0.15) is 37.7 Å². The van der Waals surface area contributed by atoms with Crippen molar-refractivity contribution in [2.24, 2.45) is 5.92 Å². The Morgan fingerprint density at radius 2 is 2.23 bits per heavy atom. The predicted molar refractivity (Wildman–Crippen MR) is 87.8 cm³/mol. The molecule has 2 N–H and O–H groups in total. The highest BCUT2D eigenvalue weighted by Crippen LogP contribution is 2.44. The largest absolute Gasteiger partial charge is 0.355 e. The Balaban J connectivity index is 0.00000176. The smallest absolute Gasteiger partial charge is 0.230 e. The van der Waals surface area contributed by atoms with Crippen molar-refractivity contribution in [1.29, 1.82) is 0 Å². The molecular formula is C17H24ClFN2O. The first-order valence-electron chi connectivity index (χ1n) is 7.96. The molecule has 2 aliphatic rings. The molecule has 0 bridgehead atoms. The highest BCUT2D eigenvalue weighted by molar-refractivity contribution is 5.89. The molecule has 1 unspecified atom stereocenters. The van der Waals surface area contributed by atoms with Crippen LogP contribution in [0.25, 0.3) is 0 Å². The van der Waals surface area contributed by atoms with E-state index in [1.807, 2.05) is 6.07 Å². The van der Waals surface area contributed by atoms with E-state index >= 15 is 0 Å². The van der Waals surface area contributed by atoms with Gasteiger partial charge in [0.05, 0.1) is 5.41 Å². The molecule has 1 aromatic rings. The number of carbonyl (C=O) groups excluding carboxylic acids is 1. The van der Waals surface area contributed by atoms with Crippen LogP contribution in [0, 0.1) is 11.7 Å². The Morgan fingerprint density at radius 1 is 1.41 bits per heavy atom. The van der Waals surface area contributed by atoms with Crippen molar-refractivity contribution in [2.45, 2.75) is 37.5 Å². The third-order valence-corrected chi connectivity index (χ3v) is 5.02. The van der Waals surface area contributed by atoms with Crippen LogP contribution >= 0.6 is 12.4 Å². The molecule has 122 valence electrons. The highest BCUT2D eigenvalue weighted by Gasteiger charge is 2.45. The maximum atomic E-state index is 13.4. The SMILES string of the molecule is Cl.O=C(NCCC1CCNC1)C1(c2cccc(F)c2)CCC1. The lowest BCUT2D eigenvalue weighted by Crippen LogP contribution is -2.49. The molecule has 2 fully saturated rings. The van der Waals surface area contributed by atoms with Crippen LogP contribution in [0.4, 0.5) is 4.39 Å². The molecule has 3 rings (SSSR count). The summed E-state index contributed by atoms with van der Waals surface area (Å²) in [7, 11) is 0. The number of nitrogens with one attached hydrogen (secondary N) is 2. The monoisotopic (exact) mass is 326 g/mol. The standard InChI is InChI=1S/C17H23FN2O.ClH/c18-15-4-1-3-14(11-15)17(7-2-8-17)16(21)20-10-6-13-5-9-19-12-13;/h1,3-4,11,13,19H,2,5-10,12H2,(H,20,21);1H. The Kier molecular flexibility index (Phi) is 5.81. The fourth-order valence-electron chi connectivity index (χ4n) is 3.48. The van der Waals surface area contributed by atoms with E-state index in [0.29, 0.717) is 5.92 Å². The van der Waals surface area contributed by atoms with Gasteiger partial charge in [-0.05, 0) is 62.4 Å². The molecule has 3 nitrogen and oxygen atoms in total. The third kappa shape index (κ3) is 3.44. The molecule has 1 aliphatic heterocycles. The quantitative estimate of drug-likeness (QED) is 0.873. The Morgan fingerprint density at radius 3 is 2.82 bits per heavy atom. The van der Waals surface area contributed by atoms with E-state index < -0.39 is 5.41 Å². The van der Waals surface area contributed by atoms with Crippen LogP contribution in [0.5, 0.6) is 0 Å². The number of amides is 1. The summed E-state index contributed by atoms with van der Waals surface area (Å²) in [6.07, 6.45) is 4.92. The van der Waals surface area contributed by atoms with Crippen molar-refractivity contribution in [1.82, 2.24) is 10.6 Å². The number of benzene rings is 1. The molecule has 1 saturated heterocycles. The second kappa shape index (κ2) is 7.42. The fourth-order valence-corrected chi connectivity index (χ4v) is 3.48. The van der Waals surface area contributed by atoms with E-state index in [-0.39, 0.29) is 24.1 Å². The van der Waals surface area contributed by atoms with E-state index in [4.69, 9.17) is 0 Å². The van der Waals surface area contributed by atoms with Gasteiger partial charge in [-0.1, -0.05) is 18.6 Å². The molecular weight excluding hydrogens is 303 g/mol. The van der Waals surface area contributed by atoms with Crippen LogP contribution in [-0.2, 0) is 10.2 Å².